The van der Waals surface area contributed by atoms with Crippen molar-refractivity contribution in [3.63, 3.8) is 0 Å². The minimum atomic E-state index is -3.93. The predicted molar refractivity (Wildman–Crippen MR) is 358 cm³/mol. The van der Waals surface area contributed by atoms with E-state index in [0.29, 0.717) is 23.0 Å². The summed E-state index contributed by atoms with van der Waals surface area (Å²) >= 11 is 0. The zero-order valence-electron chi connectivity index (χ0n) is 49.0. The molecular formula is C79H54N8O2S. The molecule has 0 fully saturated rings. The minimum Gasteiger partial charge on any atom is -0.333 e. The average Bonchev–Trinajstić information content (AvgIpc) is 1.50. The van der Waals surface area contributed by atoms with Crippen LogP contribution in [0.25, 0.3) is 78.6 Å². The normalized spacial score (nSPS) is 15.1. The summed E-state index contributed by atoms with van der Waals surface area (Å²) in [6.45, 7) is 4.64. The molecule has 0 spiro atoms. The van der Waals surface area contributed by atoms with Gasteiger partial charge in [0.05, 0.1) is 61.5 Å². The second-order valence-corrected chi connectivity index (χ2v) is 25.8. The summed E-state index contributed by atoms with van der Waals surface area (Å²) < 4.78 is 33.5. The van der Waals surface area contributed by atoms with Gasteiger partial charge in [-0.05, 0) is 144 Å². The molecule has 0 radical (unpaired) electrons. The van der Waals surface area contributed by atoms with Gasteiger partial charge in [0.25, 0.3) is 0 Å². The molecule has 0 saturated heterocycles. The lowest BCUT2D eigenvalue weighted by atomic mass is 9.73. The van der Waals surface area contributed by atoms with E-state index >= 15 is 0 Å². The number of fused-ring (bicyclic) bond motifs is 14. The van der Waals surface area contributed by atoms with Crippen LogP contribution >= 0.6 is 0 Å². The van der Waals surface area contributed by atoms with Crippen LogP contribution < -0.4 is 9.80 Å². The van der Waals surface area contributed by atoms with Crippen molar-refractivity contribution in [2.75, 3.05) is 9.80 Å². The third-order valence-corrected chi connectivity index (χ3v) is 20.4. The highest BCUT2D eigenvalue weighted by molar-refractivity contribution is 7.91. The summed E-state index contributed by atoms with van der Waals surface area (Å²) in [5, 5.41) is 11.7. The molecule has 11 aromatic carbocycles. The molecule has 2 atom stereocenters. The topological polar surface area (TPSA) is 113 Å². The molecule has 0 bridgehead atoms. The Kier molecular flexibility index (Phi) is 11.9. The van der Waals surface area contributed by atoms with Crippen molar-refractivity contribution in [1.82, 2.24) is 24.1 Å². The van der Waals surface area contributed by atoms with Gasteiger partial charge in [-0.25, -0.2) is 23.4 Å². The fraction of sp³-hybridized carbons (Fsp3) is 0.0633. The van der Waals surface area contributed by atoms with Crippen LogP contribution in [0, 0.1) is 11.3 Å². The molecule has 428 valence electrons. The van der Waals surface area contributed by atoms with Crippen LogP contribution in [-0.4, -0.2) is 32.5 Å². The van der Waals surface area contributed by atoms with E-state index in [1.165, 1.54) is 34.4 Å². The number of nitrogens with zero attached hydrogens (tertiary/aromatic N) is 8. The lowest BCUT2D eigenvalue weighted by molar-refractivity contribution is 0.596. The first-order valence-electron chi connectivity index (χ1n) is 30.2. The highest BCUT2D eigenvalue weighted by atomic mass is 32.2. The van der Waals surface area contributed by atoms with Crippen LogP contribution in [0.4, 0.5) is 28.4 Å². The minimum absolute atomic E-state index is 0.127. The van der Waals surface area contributed by atoms with E-state index < -0.39 is 9.84 Å². The molecule has 3 aromatic heterocycles. The highest BCUT2D eigenvalue weighted by Gasteiger charge is 2.51. The third-order valence-electron chi connectivity index (χ3n) is 18.6. The van der Waals surface area contributed by atoms with Crippen LogP contribution in [-0.2, 0) is 15.3 Å². The number of aromatic nitrogens is 5. The Bertz CT molecular complexity index is 5260. The van der Waals surface area contributed by atoms with Crippen molar-refractivity contribution >= 4 is 60.1 Å². The molecule has 0 amide bonds. The SMILES string of the molecule is CC1(C)c2ccccc2N(c2ccc(-n3c4c(c5ccccc53)C3[C@H](c5ccccc5N3c3ccc(-c5nc(-c6ccccc6)nc(-c6ccccc6)n5)cc3)c3c-4c4ccccc4n3-c3ccc(S(=O)(=O)c4ccc(C#N)cc4)cc3)cc2)c2ccccc21. The first-order chi connectivity index (χ1) is 44.1. The maximum atomic E-state index is 14.3. The third kappa shape index (κ3) is 8.01. The molecule has 1 unspecified atom stereocenters. The van der Waals surface area contributed by atoms with Gasteiger partial charge in [-0.1, -0.05) is 166 Å². The summed E-state index contributed by atoms with van der Waals surface area (Å²) in [6, 6.07) is 96.9. The van der Waals surface area contributed by atoms with E-state index in [1.54, 1.807) is 24.3 Å². The Labute approximate surface area is 521 Å². The molecule has 0 N–H and O–H groups in total. The van der Waals surface area contributed by atoms with Gasteiger partial charge in [-0.15, -0.1) is 0 Å². The van der Waals surface area contributed by atoms with Gasteiger partial charge in [0.15, 0.2) is 17.5 Å². The summed E-state index contributed by atoms with van der Waals surface area (Å²) in [5.74, 6) is 1.54. The monoisotopic (exact) mass is 1180 g/mol. The second-order valence-electron chi connectivity index (χ2n) is 23.8. The van der Waals surface area contributed by atoms with Gasteiger partial charge in [0.2, 0.25) is 9.84 Å². The Morgan fingerprint density at radius 1 is 0.433 bits per heavy atom. The van der Waals surface area contributed by atoms with E-state index in [9.17, 15) is 13.7 Å². The van der Waals surface area contributed by atoms with Crippen molar-refractivity contribution in [2.24, 2.45) is 0 Å². The number of hydrogen-bond acceptors (Lipinski definition) is 8. The van der Waals surface area contributed by atoms with E-state index in [2.05, 4.69) is 209 Å². The highest BCUT2D eigenvalue weighted by Crippen LogP contribution is 2.64. The van der Waals surface area contributed by atoms with E-state index in [0.717, 1.165) is 95.3 Å². The number of sulfone groups is 1. The van der Waals surface area contributed by atoms with Gasteiger partial charge < -0.3 is 18.9 Å². The Hall–Kier alpha value is -11.5. The largest absolute Gasteiger partial charge is 0.333 e. The summed E-state index contributed by atoms with van der Waals surface area (Å²) in [7, 11) is -3.93. The molecule has 14 aromatic rings. The van der Waals surface area contributed by atoms with Crippen molar-refractivity contribution in [2.45, 2.75) is 41.0 Å². The zero-order chi connectivity index (χ0) is 60.4. The molecule has 11 heteroatoms. The van der Waals surface area contributed by atoms with Crippen LogP contribution in [0.15, 0.2) is 289 Å². The fourth-order valence-electron chi connectivity index (χ4n) is 14.5. The molecule has 10 nitrogen and oxygen atoms in total. The van der Waals surface area contributed by atoms with Crippen molar-refractivity contribution < 1.29 is 8.42 Å². The van der Waals surface area contributed by atoms with Gasteiger partial charge in [-0.3, -0.25) is 0 Å². The molecule has 90 heavy (non-hydrogen) atoms. The summed E-state index contributed by atoms with van der Waals surface area (Å²) in [5.41, 5.74) is 20.5. The van der Waals surface area contributed by atoms with Crippen molar-refractivity contribution in [3.05, 3.63) is 313 Å². The maximum absolute atomic E-state index is 14.3. The van der Waals surface area contributed by atoms with Crippen LogP contribution in [0.5, 0.6) is 0 Å². The van der Waals surface area contributed by atoms with Crippen LogP contribution in [0.3, 0.4) is 0 Å². The van der Waals surface area contributed by atoms with E-state index in [-0.39, 0.29) is 27.2 Å². The molecule has 5 heterocycles. The Balaban J connectivity index is 0.880. The van der Waals surface area contributed by atoms with E-state index in [4.69, 9.17) is 15.0 Å². The second kappa shape index (κ2) is 20.3. The van der Waals surface area contributed by atoms with Crippen LogP contribution in [0.2, 0.25) is 0 Å². The first-order valence-corrected chi connectivity index (χ1v) is 31.7. The Morgan fingerprint density at radius 2 is 0.878 bits per heavy atom. The molecule has 0 saturated carbocycles. The predicted octanol–water partition coefficient (Wildman–Crippen LogP) is 18.6. The number of benzene rings is 11. The zero-order valence-corrected chi connectivity index (χ0v) is 49.8. The molecule has 1 aliphatic carbocycles. The van der Waals surface area contributed by atoms with Crippen LogP contribution in [0.1, 0.15) is 59.3 Å². The number of nitriles is 1. The number of para-hydroxylation sites is 5. The average molecular weight is 1180 g/mol. The smallest absolute Gasteiger partial charge is 0.206 e. The molecule has 17 rings (SSSR count). The maximum Gasteiger partial charge on any atom is 0.206 e. The quantitative estimate of drug-likeness (QED) is 0.140. The number of hydrogen-bond donors (Lipinski definition) is 0. The number of anilines is 5. The van der Waals surface area contributed by atoms with Gasteiger partial charge in [0.1, 0.15) is 0 Å². The first kappa shape index (κ1) is 52.8. The molecule has 2 aliphatic heterocycles. The van der Waals surface area contributed by atoms with Gasteiger partial charge in [0, 0.05) is 78.1 Å². The Morgan fingerprint density at radius 3 is 1.47 bits per heavy atom. The lowest BCUT2D eigenvalue weighted by Crippen LogP contribution is -2.30. The summed E-state index contributed by atoms with van der Waals surface area (Å²) in [6.07, 6.45) is 0. The van der Waals surface area contributed by atoms with Gasteiger partial charge >= 0.3 is 0 Å². The molecule has 3 aliphatic rings. The van der Waals surface area contributed by atoms with Crippen molar-refractivity contribution in [3.8, 4) is 62.9 Å². The fourth-order valence-corrected chi connectivity index (χ4v) is 15.8. The van der Waals surface area contributed by atoms with Gasteiger partial charge in [-0.2, -0.15) is 5.26 Å². The number of rotatable bonds is 9. The lowest BCUT2D eigenvalue weighted by Gasteiger charge is -2.42. The standard InChI is InChI=1S/C79H54N8O2S/c1-79(2)63-26-12-17-31-68(63)84(69-32-18-13-27-64(69)79)54-39-41-56(42-40-54)86-66-29-15-10-24-61(66)70-73-71(75-72(74(70)86)62-25-11-16-30-67(62)87(75)57-43-47-59(48-44-57)90(88,89)58-45-33-50(49-80)34-46-58)60-23-9-14-28-65(60)85(73)55-37-35-53(36-38-55)78-82-76(51-19-5-3-6-20-51)81-77(83-78)52-21-7-4-8-22-52/h3-48,71,73H,1-2H3/t71-,73?/m0/s1. The van der Waals surface area contributed by atoms with E-state index in [1.807, 2.05) is 72.8 Å². The van der Waals surface area contributed by atoms with Crippen molar-refractivity contribution in [1.29, 1.82) is 5.26 Å². The molecular weight excluding hydrogens is 1120 g/mol. The summed E-state index contributed by atoms with van der Waals surface area (Å²) in [4.78, 5) is 20.5.